The molecule has 1 aromatic carbocycles. The molecule has 2 aromatic heterocycles. The number of aryl methyl sites for hydroxylation is 1. The highest BCUT2D eigenvalue weighted by Crippen LogP contribution is 2.32. The molecule has 0 saturated carbocycles. The number of oxazole rings is 1. The zero-order valence-electron chi connectivity index (χ0n) is 12.2. The summed E-state index contributed by atoms with van der Waals surface area (Å²) in [4.78, 5) is 7.07. The van der Waals surface area contributed by atoms with Gasteiger partial charge >= 0.3 is 17.4 Å². The minimum Gasteiger partial charge on any atom is -0.428 e. The predicted molar refractivity (Wildman–Crippen MR) is 73.2 cm³/mol. The number of hydrogen-bond donors (Lipinski definition) is 0. The molecule has 8 nitrogen and oxygen atoms in total. The van der Waals surface area contributed by atoms with E-state index in [2.05, 4.69) is 15.1 Å². The van der Waals surface area contributed by atoms with Gasteiger partial charge in [-0.3, -0.25) is 0 Å². The number of para-hydroxylation sites is 1. The van der Waals surface area contributed by atoms with Crippen molar-refractivity contribution in [2.24, 2.45) is 7.05 Å². The van der Waals surface area contributed by atoms with Crippen molar-refractivity contribution in [3.8, 4) is 11.8 Å². The fraction of sp³-hybridized carbons (Fsp3) is 0.250. The number of nitrogens with zero attached hydrogens (tertiary/aromatic N) is 4. The third-order valence-corrected chi connectivity index (χ3v) is 3.67. The molecule has 24 heavy (non-hydrogen) atoms. The number of benzene rings is 1. The van der Waals surface area contributed by atoms with Crippen molar-refractivity contribution in [2.75, 3.05) is 6.26 Å². The van der Waals surface area contributed by atoms with Gasteiger partial charge in [0.2, 0.25) is 9.84 Å². The number of sulfone groups is 1. The molecule has 0 unspecified atom stereocenters. The van der Waals surface area contributed by atoms with E-state index in [-0.39, 0.29) is 16.8 Å². The second kappa shape index (κ2) is 5.19. The van der Waals surface area contributed by atoms with E-state index in [0.717, 1.165) is 10.9 Å². The Balaban J connectivity index is 2.05. The Morgan fingerprint density at radius 1 is 1.25 bits per heavy atom. The predicted octanol–water partition coefficient (Wildman–Crippen LogP) is 2.17. The minimum atomic E-state index is -4.72. The molecule has 3 aromatic rings. The van der Waals surface area contributed by atoms with Gasteiger partial charge in [0.05, 0.1) is 0 Å². The maximum atomic E-state index is 12.6. The molecule has 0 fully saturated rings. The highest BCUT2D eigenvalue weighted by Gasteiger charge is 2.37. The first-order valence-corrected chi connectivity index (χ1v) is 8.20. The Morgan fingerprint density at radius 3 is 2.54 bits per heavy atom. The van der Waals surface area contributed by atoms with Crippen molar-refractivity contribution in [3.05, 3.63) is 24.0 Å². The average molecular weight is 362 g/mol. The van der Waals surface area contributed by atoms with Crippen LogP contribution < -0.4 is 4.74 Å². The van der Waals surface area contributed by atoms with E-state index in [4.69, 9.17) is 9.15 Å². The van der Waals surface area contributed by atoms with Crippen LogP contribution in [0.1, 0.15) is 5.82 Å². The summed E-state index contributed by atoms with van der Waals surface area (Å²) in [7, 11) is -2.47. The molecular formula is C12H9F3N4O4S. The lowest BCUT2D eigenvalue weighted by molar-refractivity contribution is -0.145. The summed E-state index contributed by atoms with van der Waals surface area (Å²) in [6.07, 6.45) is -3.81. The molecule has 0 N–H and O–H groups in total. The van der Waals surface area contributed by atoms with Crippen molar-refractivity contribution in [1.29, 1.82) is 0 Å². The summed E-state index contributed by atoms with van der Waals surface area (Å²) >= 11 is 0. The van der Waals surface area contributed by atoms with Gasteiger partial charge < -0.3 is 9.15 Å². The molecule has 0 aliphatic carbocycles. The monoisotopic (exact) mass is 362 g/mol. The highest BCUT2D eigenvalue weighted by molar-refractivity contribution is 7.90. The second-order valence-corrected chi connectivity index (χ2v) is 6.69. The molecule has 0 aliphatic heterocycles. The smallest absolute Gasteiger partial charge is 0.428 e. The Hall–Kier alpha value is -2.63. The summed E-state index contributed by atoms with van der Waals surface area (Å²) in [5.74, 6) is -1.38. The number of aromatic nitrogens is 4. The van der Waals surface area contributed by atoms with E-state index in [1.807, 2.05) is 0 Å². The summed E-state index contributed by atoms with van der Waals surface area (Å²) in [5.41, 5.74) is 0.139. The molecule has 0 atom stereocenters. The second-order valence-electron chi connectivity index (χ2n) is 4.80. The molecule has 0 amide bonds. The van der Waals surface area contributed by atoms with Crippen LogP contribution in [0.3, 0.4) is 0 Å². The summed E-state index contributed by atoms with van der Waals surface area (Å²) in [6.45, 7) is 0. The summed E-state index contributed by atoms with van der Waals surface area (Å²) in [6, 6.07) is 3.87. The molecule has 2 heterocycles. The third-order valence-electron chi connectivity index (χ3n) is 2.86. The van der Waals surface area contributed by atoms with E-state index in [0.29, 0.717) is 0 Å². The Morgan fingerprint density at radius 2 is 1.96 bits per heavy atom. The van der Waals surface area contributed by atoms with Gasteiger partial charge in [0, 0.05) is 13.3 Å². The molecule has 0 bridgehead atoms. The summed E-state index contributed by atoms with van der Waals surface area (Å²) < 4.78 is 72.0. The summed E-state index contributed by atoms with van der Waals surface area (Å²) in [5, 5.41) is 2.69. The molecule has 0 saturated heterocycles. The van der Waals surface area contributed by atoms with Gasteiger partial charge in [0.25, 0.3) is 5.82 Å². The zero-order chi connectivity index (χ0) is 17.7. The van der Waals surface area contributed by atoms with Crippen LogP contribution in [0.4, 0.5) is 13.2 Å². The highest BCUT2D eigenvalue weighted by atomic mass is 32.2. The zero-order valence-corrected chi connectivity index (χ0v) is 13.0. The lowest BCUT2D eigenvalue weighted by Crippen LogP contribution is -2.08. The van der Waals surface area contributed by atoms with Gasteiger partial charge in [-0.25, -0.2) is 13.1 Å². The van der Waals surface area contributed by atoms with Gasteiger partial charge in [0.1, 0.15) is 0 Å². The van der Waals surface area contributed by atoms with E-state index in [1.54, 1.807) is 0 Å². The van der Waals surface area contributed by atoms with Crippen molar-refractivity contribution in [3.63, 3.8) is 0 Å². The standard InChI is InChI=1S/C12H9F3N4O4S/c1-19-10(17-9(18-19)12(13,14)15)22-6-4-3-5-7-8(6)16-11(23-7)24(2,20)21/h3-5H,1-2H3. The van der Waals surface area contributed by atoms with Crippen LogP contribution in [0.5, 0.6) is 11.8 Å². The first-order valence-electron chi connectivity index (χ1n) is 6.31. The lowest BCUT2D eigenvalue weighted by atomic mass is 10.3. The molecule has 0 aliphatic rings. The van der Waals surface area contributed by atoms with Crippen LogP contribution in [0, 0.1) is 0 Å². The normalized spacial score (nSPS) is 12.7. The van der Waals surface area contributed by atoms with E-state index in [1.165, 1.54) is 25.2 Å². The van der Waals surface area contributed by atoms with Crippen LogP contribution in [-0.2, 0) is 23.1 Å². The van der Waals surface area contributed by atoms with Gasteiger partial charge in [-0.2, -0.15) is 23.1 Å². The Labute approximate surface area is 132 Å². The molecule has 0 radical (unpaired) electrons. The SMILES string of the molecule is Cn1nc(C(F)(F)F)nc1Oc1cccc2oc(S(C)(=O)=O)nc12. The number of hydrogen-bond acceptors (Lipinski definition) is 7. The van der Waals surface area contributed by atoms with Crippen LogP contribution in [0.25, 0.3) is 11.1 Å². The quantitative estimate of drug-likeness (QED) is 0.704. The van der Waals surface area contributed by atoms with Crippen LogP contribution >= 0.6 is 0 Å². The van der Waals surface area contributed by atoms with Gasteiger partial charge in [0.15, 0.2) is 16.8 Å². The first kappa shape index (κ1) is 16.2. The maximum absolute atomic E-state index is 12.6. The number of ether oxygens (including phenoxy) is 1. The number of alkyl halides is 3. The van der Waals surface area contributed by atoms with E-state index in [9.17, 15) is 21.6 Å². The van der Waals surface area contributed by atoms with Crippen LogP contribution in [0.2, 0.25) is 0 Å². The van der Waals surface area contributed by atoms with Crippen molar-refractivity contribution in [2.45, 2.75) is 11.4 Å². The lowest BCUT2D eigenvalue weighted by Gasteiger charge is -2.03. The first-order chi connectivity index (χ1) is 11.1. The van der Waals surface area contributed by atoms with Crippen LogP contribution in [0.15, 0.2) is 27.8 Å². The topological polar surface area (TPSA) is 100 Å². The van der Waals surface area contributed by atoms with Gasteiger partial charge in [-0.1, -0.05) is 6.07 Å². The minimum absolute atomic E-state index is 0.0182. The van der Waals surface area contributed by atoms with Gasteiger partial charge in [-0.05, 0) is 12.1 Å². The number of rotatable bonds is 3. The van der Waals surface area contributed by atoms with E-state index < -0.39 is 33.1 Å². The van der Waals surface area contributed by atoms with Gasteiger partial charge in [-0.15, -0.1) is 5.10 Å². The molecular weight excluding hydrogens is 353 g/mol. The molecule has 128 valence electrons. The fourth-order valence-corrected chi connectivity index (χ4v) is 2.32. The largest absolute Gasteiger partial charge is 0.453 e. The molecule has 12 heteroatoms. The van der Waals surface area contributed by atoms with Crippen LogP contribution in [-0.4, -0.2) is 34.4 Å². The number of halogens is 3. The maximum Gasteiger partial charge on any atom is 0.453 e. The molecule has 0 spiro atoms. The fourth-order valence-electron chi connectivity index (χ4n) is 1.82. The molecule has 3 rings (SSSR count). The number of fused-ring (bicyclic) bond motifs is 1. The van der Waals surface area contributed by atoms with Crippen molar-refractivity contribution >= 4 is 20.9 Å². The van der Waals surface area contributed by atoms with Crippen molar-refractivity contribution < 1.29 is 30.7 Å². The Bertz CT molecular complexity index is 1020. The Kier molecular flexibility index (Phi) is 3.51. The third kappa shape index (κ3) is 2.91. The van der Waals surface area contributed by atoms with E-state index >= 15 is 0 Å². The average Bonchev–Trinajstić information content (AvgIpc) is 3.03. The van der Waals surface area contributed by atoms with Crippen molar-refractivity contribution in [1.82, 2.24) is 19.7 Å².